The van der Waals surface area contributed by atoms with Gasteiger partial charge < -0.3 is 0 Å². The quantitative estimate of drug-likeness (QED) is 0.462. The van der Waals surface area contributed by atoms with Crippen molar-refractivity contribution in [3.63, 3.8) is 0 Å². The Morgan fingerprint density at radius 3 is 2.69 bits per heavy atom. The van der Waals surface area contributed by atoms with Crippen LogP contribution in [0.3, 0.4) is 0 Å². The molecule has 0 bridgehead atoms. The Morgan fingerprint density at radius 1 is 1.34 bits per heavy atom. The molecule has 3 unspecified atom stereocenters. The zero-order valence-corrected chi connectivity index (χ0v) is 18.4. The van der Waals surface area contributed by atoms with Gasteiger partial charge in [0.05, 0.1) is 0 Å². The van der Waals surface area contributed by atoms with Gasteiger partial charge in [0.25, 0.3) is 0 Å². The van der Waals surface area contributed by atoms with Crippen LogP contribution in [0.15, 0.2) is 34.2 Å². The predicted octanol–water partition coefficient (Wildman–Crippen LogP) is 3.39. The molecule has 1 saturated heterocycles. The third kappa shape index (κ3) is 4.98. The second kappa shape index (κ2) is 8.57. The van der Waals surface area contributed by atoms with E-state index >= 15 is 0 Å². The Labute approximate surface area is 174 Å². The molecule has 0 spiro atoms. The summed E-state index contributed by atoms with van der Waals surface area (Å²) in [5.41, 5.74) is 3.55. The van der Waals surface area contributed by atoms with E-state index < -0.39 is 26.5 Å². The summed E-state index contributed by atoms with van der Waals surface area (Å²) in [6.45, 7) is 6.78. The topological polar surface area (TPSA) is 30.5 Å². The summed E-state index contributed by atoms with van der Waals surface area (Å²) in [5, 5.41) is 1.03. The van der Waals surface area contributed by atoms with Crippen molar-refractivity contribution in [2.45, 2.75) is 56.7 Å². The standard InChI is InChI=1S/C17H21F5N4Se.C2H6/c1-10-15(27-17(20,21)22)12-3-2-4-14(26(12)24-10)23-16-5-6-25(9-13(18)19)8-11(16)7-16;1-2/h2-4,10-11,13,23-24H,5-9H2,1H3;1-2H3. The van der Waals surface area contributed by atoms with Crippen LogP contribution in [0.1, 0.15) is 33.6 Å². The first-order chi connectivity index (χ1) is 13.7. The average molecular weight is 485 g/mol. The van der Waals surface area contributed by atoms with Crippen molar-refractivity contribution in [3.8, 4) is 0 Å². The van der Waals surface area contributed by atoms with Crippen LogP contribution in [0.5, 0.6) is 0 Å². The van der Waals surface area contributed by atoms with Crippen LogP contribution in [0.2, 0.25) is 0 Å². The molecule has 1 aliphatic carbocycles. The Bertz CT molecular complexity index is 705. The molecule has 3 atom stereocenters. The van der Waals surface area contributed by atoms with Crippen molar-refractivity contribution >= 4 is 15.0 Å². The molecule has 1 saturated carbocycles. The fourth-order valence-corrected chi connectivity index (χ4v) is 5.75. The van der Waals surface area contributed by atoms with Crippen molar-refractivity contribution in [2.24, 2.45) is 5.92 Å². The molecule has 4 nitrogen and oxygen atoms in total. The van der Waals surface area contributed by atoms with Crippen LogP contribution in [0.25, 0.3) is 0 Å². The van der Waals surface area contributed by atoms with Crippen LogP contribution in [-0.4, -0.2) is 67.6 Å². The van der Waals surface area contributed by atoms with Gasteiger partial charge in [-0.1, -0.05) is 13.8 Å². The molecule has 29 heavy (non-hydrogen) atoms. The molecule has 3 heterocycles. The third-order valence-electron chi connectivity index (χ3n) is 5.54. The summed E-state index contributed by atoms with van der Waals surface area (Å²) in [7, 11) is 0. The molecular formula is C19H27F5N4Se. The van der Waals surface area contributed by atoms with Gasteiger partial charge in [-0.25, -0.2) is 0 Å². The van der Waals surface area contributed by atoms with E-state index in [9.17, 15) is 22.0 Å². The first-order valence-electron chi connectivity index (χ1n) is 9.90. The molecule has 0 aromatic carbocycles. The monoisotopic (exact) mass is 486 g/mol. The molecule has 4 rings (SSSR count). The molecule has 3 aliphatic heterocycles. The van der Waals surface area contributed by atoms with Crippen LogP contribution in [0.4, 0.5) is 22.0 Å². The zero-order valence-electron chi connectivity index (χ0n) is 16.7. The van der Waals surface area contributed by atoms with Crippen molar-refractivity contribution < 1.29 is 22.0 Å². The van der Waals surface area contributed by atoms with Crippen molar-refractivity contribution in [2.75, 3.05) is 19.6 Å². The van der Waals surface area contributed by atoms with E-state index in [1.54, 1.807) is 29.0 Å². The zero-order chi connectivity index (χ0) is 21.4. The fourth-order valence-electron chi connectivity index (χ4n) is 4.20. The number of likely N-dealkylation sites (tertiary alicyclic amines) is 1. The van der Waals surface area contributed by atoms with Gasteiger partial charge in [-0.3, -0.25) is 0 Å². The number of halogens is 5. The molecule has 0 aromatic heterocycles. The second-order valence-corrected chi connectivity index (χ2v) is 9.80. The molecule has 164 valence electrons. The molecule has 0 aromatic rings. The van der Waals surface area contributed by atoms with Gasteiger partial charge in [-0.2, -0.15) is 0 Å². The third-order valence-corrected chi connectivity index (χ3v) is 7.67. The van der Waals surface area contributed by atoms with Crippen LogP contribution < -0.4 is 10.7 Å². The normalized spacial score (nSPS) is 31.2. The van der Waals surface area contributed by atoms with Crippen LogP contribution >= 0.6 is 0 Å². The summed E-state index contributed by atoms with van der Waals surface area (Å²) < 4.78 is 64.4. The number of hydrogen-bond donors (Lipinski definition) is 2. The predicted molar refractivity (Wildman–Crippen MR) is 103 cm³/mol. The fraction of sp³-hybridized carbons (Fsp3) is 0.684. The maximum atomic E-state index is 12.9. The Hall–Kier alpha value is -1.09. The number of allylic oxidation sites excluding steroid dienone is 3. The van der Waals surface area contributed by atoms with Gasteiger partial charge in [-0.15, -0.1) is 0 Å². The molecule has 0 radical (unpaired) electrons. The van der Waals surface area contributed by atoms with E-state index in [1.165, 1.54) is 0 Å². The molecule has 2 fully saturated rings. The minimum atomic E-state index is -4.19. The van der Waals surface area contributed by atoms with Crippen molar-refractivity contribution in [3.05, 3.63) is 34.2 Å². The van der Waals surface area contributed by atoms with Crippen LogP contribution in [0, 0.1) is 5.92 Å². The summed E-state index contributed by atoms with van der Waals surface area (Å²) in [6, 6.07) is -0.380. The van der Waals surface area contributed by atoms with Gasteiger partial charge in [0.15, 0.2) is 0 Å². The number of piperidine rings is 1. The van der Waals surface area contributed by atoms with Gasteiger partial charge in [0.2, 0.25) is 0 Å². The molecule has 2 N–H and O–H groups in total. The summed E-state index contributed by atoms with van der Waals surface area (Å²) >= 11 is -1.59. The van der Waals surface area contributed by atoms with Crippen LogP contribution in [-0.2, 0) is 0 Å². The molecular weight excluding hydrogens is 458 g/mol. The van der Waals surface area contributed by atoms with E-state index in [1.807, 2.05) is 19.9 Å². The minimum absolute atomic E-state index is 0.135. The van der Waals surface area contributed by atoms with Gasteiger partial charge in [0.1, 0.15) is 0 Å². The number of hydrogen-bond acceptors (Lipinski definition) is 4. The summed E-state index contributed by atoms with van der Waals surface area (Å²) in [5.74, 6) is 1.03. The number of alkyl halides is 5. The summed E-state index contributed by atoms with van der Waals surface area (Å²) in [6.07, 6.45) is 4.65. The van der Waals surface area contributed by atoms with E-state index in [0.29, 0.717) is 29.2 Å². The van der Waals surface area contributed by atoms with Gasteiger partial charge >= 0.3 is 160 Å². The molecule has 10 heteroatoms. The van der Waals surface area contributed by atoms with E-state index in [-0.39, 0.29) is 18.1 Å². The van der Waals surface area contributed by atoms with Crippen molar-refractivity contribution in [1.29, 1.82) is 0 Å². The Kier molecular flexibility index (Phi) is 6.68. The first kappa shape index (κ1) is 22.6. The number of fused-ring (bicyclic) bond motifs is 2. The Balaban J connectivity index is 0.00000117. The van der Waals surface area contributed by atoms with Crippen molar-refractivity contribution in [1.82, 2.24) is 20.7 Å². The number of nitrogens with one attached hydrogen (secondary N) is 2. The number of nitrogens with zero attached hydrogens (tertiary/aromatic N) is 2. The van der Waals surface area contributed by atoms with Gasteiger partial charge in [0, 0.05) is 0 Å². The van der Waals surface area contributed by atoms with E-state index in [4.69, 9.17) is 0 Å². The van der Waals surface area contributed by atoms with E-state index in [2.05, 4.69) is 10.7 Å². The van der Waals surface area contributed by atoms with E-state index in [0.717, 1.165) is 18.7 Å². The first-order valence-corrected chi connectivity index (χ1v) is 11.6. The maximum absolute atomic E-state index is 12.9. The van der Waals surface area contributed by atoms with Gasteiger partial charge in [-0.05, 0) is 0 Å². The summed E-state index contributed by atoms with van der Waals surface area (Å²) in [4.78, 5) is 1.79. The number of rotatable bonds is 5. The second-order valence-electron chi connectivity index (χ2n) is 7.48. The Morgan fingerprint density at radius 2 is 2.07 bits per heavy atom. The number of hydrazine groups is 1. The molecule has 4 aliphatic rings. The SMILES string of the molecule is CC.CC1NN2C(NC34CCN(CC(F)F)CC3C4)=CC=CC2=C1[Se]C(F)(F)F. The average Bonchev–Trinajstić information content (AvgIpc) is 3.25. The molecule has 0 amide bonds.